The summed E-state index contributed by atoms with van der Waals surface area (Å²) >= 11 is 12.5. The Morgan fingerprint density at radius 2 is 1.57 bits per heavy atom. The van der Waals surface area contributed by atoms with Crippen LogP contribution in [0, 0.1) is 0 Å². The molecule has 0 saturated heterocycles. The fourth-order valence-electron chi connectivity index (χ4n) is 3.41. The quantitative estimate of drug-likeness (QED) is 0.301. The molecule has 0 bridgehead atoms. The Kier molecular flexibility index (Phi) is 4.66. The molecule has 0 amide bonds. The van der Waals surface area contributed by atoms with Crippen LogP contribution in [0.5, 0.6) is 0 Å². The van der Waals surface area contributed by atoms with Crippen LogP contribution in [0.2, 0.25) is 10.0 Å². The van der Waals surface area contributed by atoms with E-state index in [0.717, 1.165) is 16.6 Å². The van der Waals surface area contributed by atoms with E-state index in [0.29, 0.717) is 32.6 Å². The fraction of sp³-hybridized carbons (Fsp3) is 0. The minimum Gasteiger partial charge on any atom is -0.422 e. The van der Waals surface area contributed by atoms with Gasteiger partial charge in [-0.05, 0) is 48.5 Å². The number of hydrogen-bond donors (Lipinski definition) is 0. The van der Waals surface area contributed by atoms with Crippen LogP contribution < -0.4 is 5.63 Å². The van der Waals surface area contributed by atoms with Gasteiger partial charge in [-0.1, -0.05) is 59.6 Å². The van der Waals surface area contributed by atoms with Crippen LogP contribution in [0.25, 0.3) is 39.2 Å². The molecule has 146 valence electrons. The van der Waals surface area contributed by atoms with Crippen LogP contribution in [-0.2, 0) is 0 Å². The Morgan fingerprint density at radius 3 is 2.37 bits per heavy atom. The summed E-state index contributed by atoms with van der Waals surface area (Å²) in [5.74, 6) is 0. The third kappa shape index (κ3) is 3.30. The van der Waals surface area contributed by atoms with Crippen molar-refractivity contribution >= 4 is 34.2 Å². The van der Waals surface area contributed by atoms with Gasteiger partial charge in [-0.25, -0.2) is 9.48 Å². The third-order valence-electron chi connectivity index (χ3n) is 4.83. The molecule has 0 N–H and O–H groups in total. The maximum absolute atomic E-state index is 12.8. The molecule has 0 aliphatic carbocycles. The van der Waals surface area contributed by atoms with E-state index in [1.54, 1.807) is 22.9 Å². The predicted octanol–water partition coefficient (Wildman–Crippen LogP) is 6.62. The van der Waals surface area contributed by atoms with Gasteiger partial charge in [0.2, 0.25) is 0 Å². The third-order valence-corrected chi connectivity index (χ3v) is 5.38. The minimum absolute atomic E-state index is 0.418. The highest BCUT2D eigenvalue weighted by atomic mass is 35.5. The van der Waals surface area contributed by atoms with Gasteiger partial charge in [0.1, 0.15) is 5.58 Å². The molecular formula is C24H14Cl2N2O2. The maximum Gasteiger partial charge on any atom is 0.345 e. The zero-order valence-corrected chi connectivity index (χ0v) is 17.1. The summed E-state index contributed by atoms with van der Waals surface area (Å²) in [5.41, 5.74) is 3.31. The van der Waals surface area contributed by atoms with Crippen molar-refractivity contribution in [2.75, 3.05) is 0 Å². The van der Waals surface area contributed by atoms with Crippen molar-refractivity contribution in [3.63, 3.8) is 0 Å². The molecule has 0 unspecified atom stereocenters. The van der Waals surface area contributed by atoms with Crippen LogP contribution in [0.1, 0.15) is 0 Å². The van der Waals surface area contributed by atoms with Crippen LogP contribution in [0.4, 0.5) is 0 Å². The number of fused-ring (bicyclic) bond motifs is 1. The molecule has 0 aliphatic rings. The van der Waals surface area contributed by atoms with Gasteiger partial charge >= 0.3 is 5.63 Å². The standard InChI is InChI=1S/C24H14Cl2N2O2/c25-16-10-11-18(20(26)13-16)21-14-22(28(27-21)17-7-2-1-3-8-17)19-12-15-6-4-5-9-23(15)30-24(19)29/h1-14H. The van der Waals surface area contributed by atoms with Gasteiger partial charge in [0.05, 0.1) is 27.7 Å². The molecule has 0 aliphatic heterocycles. The first-order valence-corrected chi connectivity index (χ1v) is 10.00. The van der Waals surface area contributed by atoms with Crippen molar-refractivity contribution in [3.05, 3.63) is 105 Å². The molecule has 6 heteroatoms. The Balaban J connectivity index is 1.78. The normalized spacial score (nSPS) is 11.1. The predicted molar refractivity (Wildman–Crippen MR) is 120 cm³/mol. The molecule has 5 aromatic rings. The summed E-state index contributed by atoms with van der Waals surface area (Å²) in [5, 5.41) is 6.61. The Bertz CT molecular complexity index is 1440. The lowest BCUT2D eigenvalue weighted by Crippen LogP contribution is -2.07. The lowest BCUT2D eigenvalue weighted by molar-refractivity contribution is 0.562. The van der Waals surface area contributed by atoms with Crippen LogP contribution in [0.15, 0.2) is 94.1 Å². The molecule has 3 aromatic carbocycles. The van der Waals surface area contributed by atoms with Gasteiger partial charge in [0.15, 0.2) is 0 Å². The van der Waals surface area contributed by atoms with E-state index in [1.807, 2.05) is 66.7 Å². The zero-order chi connectivity index (χ0) is 20.7. The number of benzene rings is 3. The molecule has 2 heterocycles. The smallest absolute Gasteiger partial charge is 0.345 e. The lowest BCUT2D eigenvalue weighted by atomic mass is 10.1. The number of rotatable bonds is 3. The largest absolute Gasteiger partial charge is 0.422 e. The number of aromatic nitrogens is 2. The van der Waals surface area contributed by atoms with E-state index in [-0.39, 0.29) is 0 Å². The fourth-order valence-corrected chi connectivity index (χ4v) is 3.91. The highest BCUT2D eigenvalue weighted by Gasteiger charge is 2.18. The first-order valence-electron chi connectivity index (χ1n) is 9.24. The van der Waals surface area contributed by atoms with E-state index in [4.69, 9.17) is 32.7 Å². The lowest BCUT2D eigenvalue weighted by Gasteiger charge is -2.07. The SMILES string of the molecule is O=c1oc2ccccc2cc1-c1cc(-c2ccc(Cl)cc2Cl)nn1-c1ccccc1. The van der Waals surface area contributed by atoms with Crippen molar-refractivity contribution in [1.82, 2.24) is 9.78 Å². The Labute approximate surface area is 181 Å². The van der Waals surface area contributed by atoms with Crippen molar-refractivity contribution in [2.24, 2.45) is 0 Å². The first kappa shape index (κ1) is 18.7. The molecule has 0 spiro atoms. The summed E-state index contributed by atoms with van der Waals surface area (Å²) in [4.78, 5) is 12.8. The summed E-state index contributed by atoms with van der Waals surface area (Å²) in [6.07, 6.45) is 0. The van der Waals surface area contributed by atoms with Crippen molar-refractivity contribution in [1.29, 1.82) is 0 Å². The molecule has 2 aromatic heterocycles. The number of para-hydroxylation sites is 2. The first-order chi connectivity index (χ1) is 14.6. The van der Waals surface area contributed by atoms with Crippen molar-refractivity contribution in [2.45, 2.75) is 0 Å². The van der Waals surface area contributed by atoms with Gasteiger partial charge < -0.3 is 4.42 Å². The molecular weight excluding hydrogens is 419 g/mol. The van der Waals surface area contributed by atoms with Crippen molar-refractivity contribution < 1.29 is 4.42 Å². The van der Waals surface area contributed by atoms with Gasteiger partial charge in [-0.3, -0.25) is 0 Å². The Morgan fingerprint density at radius 1 is 0.800 bits per heavy atom. The topological polar surface area (TPSA) is 48.0 Å². The van der Waals surface area contributed by atoms with E-state index in [2.05, 4.69) is 0 Å². The van der Waals surface area contributed by atoms with E-state index < -0.39 is 5.63 Å². The van der Waals surface area contributed by atoms with Crippen molar-refractivity contribution in [3.8, 4) is 28.2 Å². The number of halogens is 2. The van der Waals surface area contributed by atoms with Gasteiger partial charge in [0, 0.05) is 16.0 Å². The van der Waals surface area contributed by atoms with E-state index in [1.165, 1.54) is 0 Å². The van der Waals surface area contributed by atoms with Gasteiger partial charge in [-0.2, -0.15) is 5.10 Å². The van der Waals surface area contributed by atoms with Gasteiger partial charge in [0.25, 0.3) is 0 Å². The second-order valence-electron chi connectivity index (χ2n) is 6.77. The van der Waals surface area contributed by atoms with Crippen LogP contribution in [0.3, 0.4) is 0 Å². The summed E-state index contributed by atoms with van der Waals surface area (Å²) in [6, 6.07) is 25.9. The van der Waals surface area contributed by atoms with Crippen LogP contribution >= 0.6 is 23.2 Å². The number of nitrogens with zero attached hydrogens (tertiary/aromatic N) is 2. The second kappa shape index (κ2) is 7.48. The average Bonchev–Trinajstić information content (AvgIpc) is 3.18. The molecule has 0 atom stereocenters. The molecule has 0 radical (unpaired) electrons. The monoisotopic (exact) mass is 432 g/mol. The molecule has 4 nitrogen and oxygen atoms in total. The molecule has 0 fully saturated rings. The molecule has 5 rings (SSSR count). The summed E-state index contributed by atoms with van der Waals surface area (Å²) < 4.78 is 7.28. The summed E-state index contributed by atoms with van der Waals surface area (Å²) in [7, 11) is 0. The minimum atomic E-state index is -0.431. The molecule has 30 heavy (non-hydrogen) atoms. The maximum atomic E-state index is 12.8. The highest BCUT2D eigenvalue weighted by molar-refractivity contribution is 6.36. The highest BCUT2D eigenvalue weighted by Crippen LogP contribution is 2.33. The van der Waals surface area contributed by atoms with E-state index >= 15 is 0 Å². The van der Waals surface area contributed by atoms with E-state index in [9.17, 15) is 4.79 Å². The van der Waals surface area contributed by atoms with Gasteiger partial charge in [-0.15, -0.1) is 0 Å². The second-order valence-corrected chi connectivity index (χ2v) is 7.62. The molecule has 0 saturated carbocycles. The van der Waals surface area contributed by atoms with Crippen LogP contribution in [-0.4, -0.2) is 9.78 Å². The zero-order valence-electron chi connectivity index (χ0n) is 15.5. The number of hydrogen-bond acceptors (Lipinski definition) is 3. The summed E-state index contributed by atoms with van der Waals surface area (Å²) in [6.45, 7) is 0. The average molecular weight is 433 g/mol. The Hall–Kier alpha value is -3.34.